The number of likely N-dealkylation sites (tertiary alicyclic amines) is 2. The van der Waals surface area contributed by atoms with Crippen molar-refractivity contribution in [1.29, 1.82) is 0 Å². The van der Waals surface area contributed by atoms with E-state index in [4.69, 9.17) is 9.47 Å². The van der Waals surface area contributed by atoms with Crippen LogP contribution >= 0.6 is 0 Å². The van der Waals surface area contributed by atoms with Crippen molar-refractivity contribution in [3.05, 3.63) is 0 Å². The molecule has 4 amide bonds. The first-order valence-corrected chi connectivity index (χ1v) is 29.6. The number of rotatable bonds is 45. The number of nitrogens with one attached hydrogen (secondary N) is 2. The number of hydrogen-bond donors (Lipinski definition) is 2. The standard InChI is InChI=1S/C58H112N6O6/c1-9-11-13-15-17-19-21-23-25-27-29-35-53(65)63(43-37-51-33-31-41-61(51)7)55(49(3)4)57(67)59-39-45-69-47-48-70-46-40-60-58(68)56(50(5)6)64(44-38-52-34-32-42-62(52)8)54(66)36-30-28-26-24-22-20-18-16-14-12-10-2/h49-52,55-56H,9-48H2,1-8H3,(H,59,67)(H,60,68). The summed E-state index contributed by atoms with van der Waals surface area (Å²) >= 11 is 0. The van der Waals surface area contributed by atoms with E-state index >= 15 is 0 Å². The predicted octanol–water partition coefficient (Wildman–Crippen LogP) is 11.3. The van der Waals surface area contributed by atoms with Gasteiger partial charge in [0.05, 0.1) is 26.4 Å². The van der Waals surface area contributed by atoms with Crippen molar-refractivity contribution < 1.29 is 28.7 Å². The van der Waals surface area contributed by atoms with Crippen LogP contribution in [0.3, 0.4) is 0 Å². The van der Waals surface area contributed by atoms with Crippen molar-refractivity contribution in [2.45, 2.75) is 258 Å². The molecule has 0 bridgehead atoms. The summed E-state index contributed by atoms with van der Waals surface area (Å²) in [6, 6.07) is -0.139. The SMILES string of the molecule is CCCCCCCCCCCCCC(=O)N(CCC1CCCN1C)C(C(=O)NCCOCCOCCNC(=O)C(C(C)C)N(CCC1CCCN1C)C(=O)CCCCCCCCCCCCC)C(C)C. The third-order valence-electron chi connectivity index (χ3n) is 15.3. The molecule has 4 unspecified atom stereocenters. The van der Waals surface area contributed by atoms with Crippen molar-refractivity contribution in [3.8, 4) is 0 Å². The molecule has 0 aromatic rings. The molecule has 2 aliphatic rings. The average Bonchev–Trinajstić information content (AvgIpc) is 3.95. The lowest BCUT2D eigenvalue weighted by molar-refractivity contribution is -0.142. The van der Waals surface area contributed by atoms with Gasteiger partial charge in [0, 0.05) is 51.1 Å². The Balaban J connectivity index is 1.77. The lowest BCUT2D eigenvalue weighted by atomic mass is 9.99. The van der Waals surface area contributed by atoms with E-state index in [0.29, 0.717) is 77.5 Å². The summed E-state index contributed by atoms with van der Waals surface area (Å²) in [5, 5.41) is 6.16. The van der Waals surface area contributed by atoms with Crippen molar-refractivity contribution in [2.24, 2.45) is 11.8 Å². The van der Waals surface area contributed by atoms with Gasteiger partial charge in [-0.1, -0.05) is 170 Å². The third-order valence-corrected chi connectivity index (χ3v) is 15.3. The fraction of sp³-hybridized carbons (Fsp3) is 0.931. The van der Waals surface area contributed by atoms with Crippen molar-refractivity contribution >= 4 is 23.6 Å². The van der Waals surface area contributed by atoms with E-state index in [1.807, 2.05) is 37.5 Å². The van der Waals surface area contributed by atoms with Crippen LogP contribution in [0, 0.1) is 11.8 Å². The van der Waals surface area contributed by atoms with Crippen LogP contribution in [0.25, 0.3) is 0 Å². The minimum absolute atomic E-state index is 0.0186. The van der Waals surface area contributed by atoms with Crippen LogP contribution in [0.4, 0.5) is 0 Å². The van der Waals surface area contributed by atoms with Crippen molar-refractivity contribution in [3.63, 3.8) is 0 Å². The summed E-state index contributed by atoms with van der Waals surface area (Å²) in [5.41, 5.74) is 0. The molecule has 410 valence electrons. The van der Waals surface area contributed by atoms with E-state index in [1.165, 1.54) is 128 Å². The molecule has 0 aromatic heterocycles. The minimum atomic E-state index is -0.519. The Morgan fingerprint density at radius 2 is 0.800 bits per heavy atom. The van der Waals surface area contributed by atoms with Gasteiger partial charge in [0.2, 0.25) is 23.6 Å². The van der Waals surface area contributed by atoms with Crippen LogP contribution in [0.15, 0.2) is 0 Å². The maximum atomic E-state index is 13.9. The zero-order chi connectivity index (χ0) is 51.2. The first-order chi connectivity index (χ1) is 33.9. The number of hydrogen-bond acceptors (Lipinski definition) is 8. The van der Waals surface area contributed by atoms with Gasteiger partial charge in [0.15, 0.2) is 0 Å². The molecular weight excluding hydrogens is 877 g/mol. The molecule has 12 heteroatoms. The molecule has 0 radical (unpaired) electrons. The monoisotopic (exact) mass is 989 g/mol. The highest BCUT2D eigenvalue weighted by Crippen LogP contribution is 2.24. The Kier molecular flexibility index (Phi) is 37.5. The van der Waals surface area contributed by atoms with Gasteiger partial charge in [-0.3, -0.25) is 19.2 Å². The van der Waals surface area contributed by atoms with Crippen LogP contribution in [0.5, 0.6) is 0 Å². The largest absolute Gasteiger partial charge is 0.377 e. The van der Waals surface area contributed by atoms with Gasteiger partial charge in [0.1, 0.15) is 12.1 Å². The molecule has 2 aliphatic heterocycles. The molecule has 4 atom stereocenters. The number of carbonyl (C=O) groups is 4. The van der Waals surface area contributed by atoms with Gasteiger partial charge in [-0.15, -0.1) is 0 Å². The lowest BCUT2D eigenvalue weighted by Gasteiger charge is -2.35. The molecule has 0 spiro atoms. The van der Waals surface area contributed by atoms with E-state index in [9.17, 15) is 19.2 Å². The summed E-state index contributed by atoms with van der Waals surface area (Å²) in [6.45, 7) is 18.2. The fourth-order valence-corrected chi connectivity index (χ4v) is 10.9. The van der Waals surface area contributed by atoms with Gasteiger partial charge in [-0.25, -0.2) is 0 Å². The molecule has 70 heavy (non-hydrogen) atoms. The van der Waals surface area contributed by atoms with Crippen LogP contribution in [-0.2, 0) is 28.7 Å². The Hall–Kier alpha value is -2.28. The highest BCUT2D eigenvalue weighted by atomic mass is 16.5. The van der Waals surface area contributed by atoms with Gasteiger partial charge in [-0.05, 0) is 90.4 Å². The number of unbranched alkanes of at least 4 members (excludes halogenated alkanes) is 20. The molecular formula is C58H112N6O6. The molecule has 2 fully saturated rings. The normalized spacial score (nSPS) is 17.4. The Labute approximate surface area is 431 Å². The minimum Gasteiger partial charge on any atom is -0.377 e. The second-order valence-corrected chi connectivity index (χ2v) is 22.1. The maximum Gasteiger partial charge on any atom is 0.243 e. The Bertz CT molecular complexity index is 1240. The first kappa shape index (κ1) is 63.8. The molecule has 0 saturated carbocycles. The van der Waals surface area contributed by atoms with E-state index in [2.05, 4.69) is 48.4 Å². The predicted molar refractivity (Wildman–Crippen MR) is 291 cm³/mol. The lowest BCUT2D eigenvalue weighted by Crippen LogP contribution is -2.53. The fourth-order valence-electron chi connectivity index (χ4n) is 10.9. The van der Waals surface area contributed by atoms with E-state index in [0.717, 1.165) is 64.5 Å². The topological polar surface area (TPSA) is 124 Å². The smallest absolute Gasteiger partial charge is 0.243 e. The molecule has 12 nitrogen and oxygen atoms in total. The summed E-state index contributed by atoms with van der Waals surface area (Å²) in [4.78, 5) is 63.8. The molecule has 2 N–H and O–H groups in total. The maximum absolute atomic E-state index is 13.9. The van der Waals surface area contributed by atoms with E-state index in [-0.39, 0.29) is 35.5 Å². The zero-order valence-electron chi connectivity index (χ0n) is 47.0. The van der Waals surface area contributed by atoms with Gasteiger partial charge < -0.3 is 39.7 Å². The molecule has 0 aliphatic carbocycles. The highest BCUT2D eigenvalue weighted by molar-refractivity contribution is 5.88. The Morgan fingerprint density at radius 1 is 0.486 bits per heavy atom. The summed E-state index contributed by atoms with van der Waals surface area (Å²) in [7, 11) is 4.34. The van der Waals surface area contributed by atoms with Crippen LogP contribution in [0.2, 0.25) is 0 Å². The summed E-state index contributed by atoms with van der Waals surface area (Å²) in [5.74, 6) is -0.0644. The number of nitrogens with zero attached hydrogens (tertiary/aromatic N) is 4. The summed E-state index contributed by atoms with van der Waals surface area (Å²) in [6.07, 6.45) is 34.7. The molecule has 2 saturated heterocycles. The third kappa shape index (κ3) is 28.2. The number of ether oxygens (including phenoxy) is 2. The van der Waals surface area contributed by atoms with E-state index in [1.54, 1.807) is 0 Å². The van der Waals surface area contributed by atoms with Crippen LogP contribution < -0.4 is 10.6 Å². The number of amides is 4. The molecule has 0 aromatic carbocycles. The second-order valence-electron chi connectivity index (χ2n) is 22.1. The highest BCUT2D eigenvalue weighted by Gasteiger charge is 2.35. The van der Waals surface area contributed by atoms with Gasteiger partial charge in [0.25, 0.3) is 0 Å². The van der Waals surface area contributed by atoms with Gasteiger partial charge >= 0.3 is 0 Å². The van der Waals surface area contributed by atoms with Crippen molar-refractivity contribution in [2.75, 3.05) is 79.8 Å². The van der Waals surface area contributed by atoms with E-state index < -0.39 is 12.1 Å². The first-order valence-electron chi connectivity index (χ1n) is 29.6. The number of carbonyl (C=O) groups excluding carboxylic acids is 4. The van der Waals surface area contributed by atoms with Crippen molar-refractivity contribution in [1.82, 2.24) is 30.2 Å². The van der Waals surface area contributed by atoms with Gasteiger partial charge in [-0.2, -0.15) is 0 Å². The molecule has 2 heterocycles. The second kappa shape index (κ2) is 41.1. The zero-order valence-corrected chi connectivity index (χ0v) is 47.0. The Morgan fingerprint density at radius 3 is 1.09 bits per heavy atom. The summed E-state index contributed by atoms with van der Waals surface area (Å²) < 4.78 is 11.7. The van der Waals surface area contributed by atoms with Crippen LogP contribution in [0.1, 0.15) is 234 Å². The van der Waals surface area contributed by atoms with Crippen LogP contribution in [-0.4, -0.2) is 147 Å². The molecule has 2 rings (SSSR count). The quantitative estimate of drug-likeness (QED) is 0.0578. The average molecular weight is 990 g/mol.